The maximum Gasteiger partial charge on any atom is 0.275 e. The van der Waals surface area contributed by atoms with Crippen molar-refractivity contribution in [1.29, 1.82) is 0 Å². The number of H-pyrrole nitrogens is 2. The van der Waals surface area contributed by atoms with Crippen LogP contribution in [0.25, 0.3) is 11.6 Å². The van der Waals surface area contributed by atoms with E-state index in [0.29, 0.717) is 18.1 Å². The Balaban J connectivity index is 2.07. The number of hydrogen-bond donors (Lipinski definition) is 2. The standard InChI is InChI=1S/C14H13N3O2/c1-2-19-14-11(13(18)16-17-14)7-9-8-15-12-6-4-3-5-10(9)12/h3-8H,2H2,1H3,(H2,16,17,18). The van der Waals surface area contributed by atoms with Crippen LogP contribution in [-0.4, -0.2) is 23.0 Å². The Kier molecular flexibility index (Phi) is 2.79. The maximum absolute atomic E-state index is 11.8. The fraction of sp³-hybridized carbons (Fsp3) is 0.143. The molecule has 5 nitrogen and oxygen atoms in total. The van der Waals surface area contributed by atoms with Crippen LogP contribution in [0.2, 0.25) is 0 Å². The number of aliphatic imine (C=N–C) groups is 1. The second-order valence-electron chi connectivity index (χ2n) is 4.13. The molecular formula is C14H13N3O2. The molecule has 0 spiro atoms. The molecule has 1 aliphatic heterocycles. The van der Waals surface area contributed by atoms with Gasteiger partial charge in [-0.25, -0.2) is 0 Å². The highest BCUT2D eigenvalue weighted by molar-refractivity contribution is 6.21. The number of aromatic nitrogens is 2. The first kappa shape index (κ1) is 11.5. The Morgan fingerprint density at radius 2 is 2.16 bits per heavy atom. The number of ether oxygens (including phenoxy) is 1. The summed E-state index contributed by atoms with van der Waals surface area (Å²) in [7, 11) is 0. The number of fused-ring (bicyclic) bond motifs is 1. The molecule has 0 unspecified atom stereocenters. The molecule has 96 valence electrons. The molecule has 0 aliphatic carbocycles. The van der Waals surface area contributed by atoms with Crippen LogP contribution in [0.15, 0.2) is 34.1 Å². The number of hydrogen-bond acceptors (Lipinski definition) is 3. The van der Waals surface area contributed by atoms with E-state index in [1.54, 1.807) is 12.3 Å². The molecule has 5 heteroatoms. The lowest BCUT2D eigenvalue weighted by molar-refractivity contribution is 0.325. The molecule has 19 heavy (non-hydrogen) atoms. The van der Waals surface area contributed by atoms with Gasteiger partial charge in [-0.1, -0.05) is 18.2 Å². The minimum atomic E-state index is -0.200. The van der Waals surface area contributed by atoms with Crippen molar-refractivity contribution >= 4 is 23.6 Å². The fourth-order valence-corrected chi connectivity index (χ4v) is 2.05. The summed E-state index contributed by atoms with van der Waals surface area (Å²) >= 11 is 0. The van der Waals surface area contributed by atoms with Crippen LogP contribution in [0.1, 0.15) is 18.1 Å². The monoisotopic (exact) mass is 255 g/mol. The van der Waals surface area contributed by atoms with Crippen molar-refractivity contribution in [2.24, 2.45) is 4.99 Å². The minimum absolute atomic E-state index is 0.200. The van der Waals surface area contributed by atoms with Gasteiger partial charge in [0.2, 0.25) is 5.88 Å². The Morgan fingerprint density at radius 1 is 1.32 bits per heavy atom. The zero-order valence-corrected chi connectivity index (χ0v) is 10.4. The van der Waals surface area contributed by atoms with Crippen LogP contribution in [0.3, 0.4) is 0 Å². The van der Waals surface area contributed by atoms with Gasteiger partial charge in [0.15, 0.2) is 0 Å². The fourth-order valence-electron chi connectivity index (χ4n) is 2.05. The summed E-state index contributed by atoms with van der Waals surface area (Å²) in [5.74, 6) is 0.456. The van der Waals surface area contributed by atoms with Crippen LogP contribution in [0.4, 0.5) is 5.69 Å². The molecule has 0 atom stereocenters. The lowest BCUT2D eigenvalue weighted by Crippen LogP contribution is -2.03. The molecule has 0 saturated carbocycles. The van der Waals surface area contributed by atoms with Crippen molar-refractivity contribution in [3.63, 3.8) is 0 Å². The number of nitrogens with zero attached hydrogens (tertiary/aromatic N) is 1. The van der Waals surface area contributed by atoms with Gasteiger partial charge in [-0.05, 0) is 19.1 Å². The van der Waals surface area contributed by atoms with Crippen LogP contribution >= 0.6 is 0 Å². The molecule has 2 N–H and O–H groups in total. The molecule has 0 bridgehead atoms. The van der Waals surface area contributed by atoms with Gasteiger partial charge >= 0.3 is 0 Å². The first-order valence-corrected chi connectivity index (χ1v) is 6.08. The van der Waals surface area contributed by atoms with Gasteiger partial charge in [0.1, 0.15) is 5.56 Å². The highest BCUT2D eigenvalue weighted by Crippen LogP contribution is 2.32. The smallest absolute Gasteiger partial charge is 0.275 e. The highest BCUT2D eigenvalue weighted by Gasteiger charge is 2.14. The number of benzene rings is 1. The van der Waals surface area contributed by atoms with Crippen molar-refractivity contribution in [2.75, 3.05) is 6.61 Å². The van der Waals surface area contributed by atoms with E-state index in [1.165, 1.54) is 0 Å². The third-order valence-corrected chi connectivity index (χ3v) is 2.93. The van der Waals surface area contributed by atoms with E-state index in [4.69, 9.17) is 4.74 Å². The number of allylic oxidation sites excluding steroid dienone is 1. The SMILES string of the molecule is CCOc1[nH][nH]c(=O)c1C=C1C=Nc2ccccc21. The average Bonchev–Trinajstić information content (AvgIpc) is 2.98. The van der Waals surface area contributed by atoms with Crippen molar-refractivity contribution in [2.45, 2.75) is 6.92 Å². The van der Waals surface area contributed by atoms with Crippen molar-refractivity contribution < 1.29 is 4.74 Å². The number of rotatable bonds is 3. The second kappa shape index (κ2) is 4.61. The molecule has 2 heterocycles. The van der Waals surface area contributed by atoms with Crippen LogP contribution in [-0.2, 0) is 0 Å². The molecule has 1 aromatic heterocycles. The van der Waals surface area contributed by atoms with Crippen molar-refractivity contribution in [3.8, 4) is 5.88 Å². The summed E-state index contributed by atoms with van der Waals surface area (Å²) < 4.78 is 5.38. The Bertz CT molecular complexity index is 722. The molecule has 2 aromatic rings. The average molecular weight is 255 g/mol. The molecule has 1 aliphatic rings. The third-order valence-electron chi connectivity index (χ3n) is 2.93. The lowest BCUT2D eigenvalue weighted by atomic mass is 10.1. The molecule has 0 amide bonds. The predicted octanol–water partition coefficient (Wildman–Crippen LogP) is 2.36. The van der Waals surface area contributed by atoms with Gasteiger partial charge in [-0.15, -0.1) is 0 Å². The van der Waals surface area contributed by atoms with Gasteiger partial charge in [-0.3, -0.25) is 20.0 Å². The van der Waals surface area contributed by atoms with Gasteiger partial charge in [0, 0.05) is 17.4 Å². The van der Waals surface area contributed by atoms with E-state index >= 15 is 0 Å². The first-order chi connectivity index (χ1) is 9.29. The number of para-hydroxylation sites is 1. The summed E-state index contributed by atoms with van der Waals surface area (Å²) in [4.78, 5) is 16.1. The van der Waals surface area contributed by atoms with E-state index in [-0.39, 0.29) is 5.56 Å². The number of aromatic amines is 2. The van der Waals surface area contributed by atoms with Gasteiger partial charge in [-0.2, -0.15) is 0 Å². The van der Waals surface area contributed by atoms with E-state index < -0.39 is 0 Å². The zero-order chi connectivity index (χ0) is 13.2. The van der Waals surface area contributed by atoms with Crippen molar-refractivity contribution in [3.05, 3.63) is 45.7 Å². The van der Waals surface area contributed by atoms with E-state index in [2.05, 4.69) is 15.2 Å². The van der Waals surface area contributed by atoms with E-state index in [9.17, 15) is 4.79 Å². The predicted molar refractivity (Wildman–Crippen MR) is 75.0 cm³/mol. The summed E-state index contributed by atoms with van der Waals surface area (Å²) in [6.45, 7) is 2.36. The zero-order valence-electron chi connectivity index (χ0n) is 10.4. The molecule has 0 saturated heterocycles. The summed E-state index contributed by atoms with van der Waals surface area (Å²) in [5, 5.41) is 5.25. The topological polar surface area (TPSA) is 70.2 Å². The van der Waals surface area contributed by atoms with Gasteiger partial charge < -0.3 is 4.74 Å². The van der Waals surface area contributed by atoms with Crippen LogP contribution < -0.4 is 10.3 Å². The maximum atomic E-state index is 11.8. The molecular weight excluding hydrogens is 242 g/mol. The van der Waals surface area contributed by atoms with Gasteiger partial charge in [0.05, 0.1) is 12.3 Å². The second-order valence-corrected chi connectivity index (χ2v) is 4.13. The first-order valence-electron chi connectivity index (χ1n) is 6.08. The number of nitrogens with one attached hydrogen (secondary N) is 2. The van der Waals surface area contributed by atoms with Crippen molar-refractivity contribution in [1.82, 2.24) is 10.2 Å². The van der Waals surface area contributed by atoms with Gasteiger partial charge in [0.25, 0.3) is 5.56 Å². The quantitative estimate of drug-likeness (QED) is 0.883. The lowest BCUT2D eigenvalue weighted by Gasteiger charge is -2.01. The molecule has 1 aromatic carbocycles. The minimum Gasteiger partial charge on any atom is -0.478 e. The highest BCUT2D eigenvalue weighted by atomic mass is 16.5. The summed E-state index contributed by atoms with van der Waals surface area (Å²) in [6.07, 6.45) is 3.54. The summed E-state index contributed by atoms with van der Waals surface area (Å²) in [6, 6.07) is 7.81. The Hall–Kier alpha value is -2.56. The van der Waals surface area contributed by atoms with E-state index in [0.717, 1.165) is 16.8 Å². The molecule has 3 rings (SSSR count). The van der Waals surface area contributed by atoms with E-state index in [1.807, 2.05) is 31.2 Å². The molecule has 0 radical (unpaired) electrons. The largest absolute Gasteiger partial charge is 0.478 e. The third kappa shape index (κ3) is 1.99. The Morgan fingerprint density at radius 3 is 3.00 bits per heavy atom. The Labute approximate surface area is 109 Å². The molecule has 0 fully saturated rings. The summed E-state index contributed by atoms with van der Waals surface area (Å²) in [5.41, 5.74) is 3.12. The normalized spacial score (nSPS) is 14.9. The van der Waals surface area contributed by atoms with Crippen LogP contribution in [0, 0.1) is 0 Å². The van der Waals surface area contributed by atoms with Crippen LogP contribution in [0.5, 0.6) is 5.88 Å².